The maximum Gasteiger partial charge on any atom is 0.433 e. The van der Waals surface area contributed by atoms with Crippen LogP contribution in [0.2, 0.25) is 0 Å². The summed E-state index contributed by atoms with van der Waals surface area (Å²) in [6, 6.07) is 3.58. The van der Waals surface area contributed by atoms with Crippen molar-refractivity contribution in [3.63, 3.8) is 0 Å². The summed E-state index contributed by atoms with van der Waals surface area (Å²) in [6.07, 6.45) is -4.73. The summed E-state index contributed by atoms with van der Waals surface area (Å²) in [7, 11) is 0. The van der Waals surface area contributed by atoms with Crippen molar-refractivity contribution in [2.24, 2.45) is 0 Å². The second kappa shape index (κ2) is 3.54. The van der Waals surface area contributed by atoms with Crippen LogP contribution in [0.25, 0.3) is 0 Å². The largest absolute Gasteiger partial charge is 0.433 e. The summed E-state index contributed by atoms with van der Waals surface area (Å²) in [5, 5.41) is 8.31. The minimum absolute atomic E-state index is 0.0395. The van der Waals surface area contributed by atoms with Gasteiger partial charge in [-0.25, -0.2) is 4.98 Å². The van der Waals surface area contributed by atoms with Gasteiger partial charge in [-0.05, 0) is 12.1 Å². The minimum Gasteiger partial charge on any atom is -0.397 e. The molecule has 0 spiro atoms. The SMILES string of the molecule is N#CCc1nc(C(F)(F)F)ccc1N. The summed E-state index contributed by atoms with van der Waals surface area (Å²) in [5.74, 6) is 0. The highest BCUT2D eigenvalue weighted by Gasteiger charge is 2.32. The number of nitrogen functional groups attached to an aromatic ring is 1. The van der Waals surface area contributed by atoms with Crippen LogP contribution in [0.3, 0.4) is 0 Å². The van der Waals surface area contributed by atoms with Gasteiger partial charge in [0.1, 0.15) is 5.69 Å². The molecule has 0 saturated heterocycles. The molecule has 0 aliphatic carbocycles. The molecule has 14 heavy (non-hydrogen) atoms. The normalized spacial score (nSPS) is 11.0. The van der Waals surface area contributed by atoms with E-state index in [0.717, 1.165) is 12.1 Å². The van der Waals surface area contributed by atoms with E-state index in [1.54, 1.807) is 6.07 Å². The number of pyridine rings is 1. The van der Waals surface area contributed by atoms with Crippen LogP contribution in [0.15, 0.2) is 12.1 Å². The highest BCUT2D eigenvalue weighted by Crippen LogP contribution is 2.28. The first-order valence-electron chi connectivity index (χ1n) is 3.64. The number of halogens is 3. The maximum atomic E-state index is 12.2. The van der Waals surface area contributed by atoms with E-state index in [1.807, 2.05) is 0 Å². The van der Waals surface area contributed by atoms with Gasteiger partial charge in [0.2, 0.25) is 0 Å². The van der Waals surface area contributed by atoms with Crippen LogP contribution < -0.4 is 5.73 Å². The fourth-order valence-electron chi connectivity index (χ4n) is 0.886. The van der Waals surface area contributed by atoms with Crippen LogP contribution in [0, 0.1) is 11.3 Å². The first kappa shape index (κ1) is 10.3. The van der Waals surface area contributed by atoms with E-state index >= 15 is 0 Å². The number of anilines is 1. The van der Waals surface area contributed by atoms with E-state index in [9.17, 15) is 13.2 Å². The summed E-state index contributed by atoms with van der Waals surface area (Å²) < 4.78 is 36.5. The van der Waals surface area contributed by atoms with Gasteiger partial charge >= 0.3 is 6.18 Å². The predicted octanol–water partition coefficient (Wildman–Crippen LogP) is 1.75. The van der Waals surface area contributed by atoms with Gasteiger partial charge in [0, 0.05) is 0 Å². The molecular weight excluding hydrogens is 195 g/mol. The first-order valence-corrected chi connectivity index (χ1v) is 3.64. The van der Waals surface area contributed by atoms with Crippen molar-refractivity contribution in [1.29, 1.82) is 5.26 Å². The molecule has 0 aromatic carbocycles. The number of hydrogen-bond acceptors (Lipinski definition) is 3. The summed E-state index contributed by atoms with van der Waals surface area (Å²) in [6.45, 7) is 0. The number of alkyl halides is 3. The zero-order chi connectivity index (χ0) is 10.8. The molecule has 6 heteroatoms. The van der Waals surface area contributed by atoms with Crippen LogP contribution in [0.5, 0.6) is 0 Å². The number of nitrogens with two attached hydrogens (primary N) is 1. The van der Waals surface area contributed by atoms with E-state index < -0.39 is 11.9 Å². The van der Waals surface area contributed by atoms with Crippen LogP contribution in [0.1, 0.15) is 11.4 Å². The lowest BCUT2D eigenvalue weighted by molar-refractivity contribution is -0.141. The third-order valence-electron chi connectivity index (χ3n) is 1.55. The Morgan fingerprint density at radius 3 is 2.57 bits per heavy atom. The fraction of sp³-hybridized carbons (Fsp3) is 0.250. The highest BCUT2D eigenvalue weighted by atomic mass is 19.4. The van der Waals surface area contributed by atoms with E-state index in [1.165, 1.54) is 0 Å². The monoisotopic (exact) mass is 201 g/mol. The predicted molar refractivity (Wildman–Crippen MR) is 43.0 cm³/mol. The summed E-state index contributed by atoms with van der Waals surface area (Å²) in [4.78, 5) is 3.26. The molecule has 0 atom stereocenters. The quantitative estimate of drug-likeness (QED) is 0.752. The number of rotatable bonds is 1. The Labute approximate surface area is 78.0 Å². The molecule has 1 heterocycles. The van der Waals surface area contributed by atoms with Gasteiger partial charge in [0.05, 0.1) is 23.9 Å². The molecule has 0 aliphatic rings. The summed E-state index contributed by atoms with van der Waals surface area (Å²) in [5.41, 5.74) is 4.36. The topological polar surface area (TPSA) is 62.7 Å². The molecule has 0 unspecified atom stereocenters. The molecule has 0 radical (unpaired) electrons. The molecule has 0 aliphatic heterocycles. The third-order valence-corrected chi connectivity index (χ3v) is 1.55. The molecule has 0 saturated carbocycles. The standard InChI is InChI=1S/C8H6F3N3/c9-8(10,11)7-2-1-5(13)6(14-7)3-4-12/h1-2H,3,13H2. The molecule has 1 aromatic rings. The average molecular weight is 201 g/mol. The van der Waals surface area contributed by atoms with E-state index in [-0.39, 0.29) is 17.8 Å². The Hall–Kier alpha value is -1.77. The van der Waals surface area contributed by atoms with Crippen molar-refractivity contribution in [3.8, 4) is 6.07 Å². The van der Waals surface area contributed by atoms with Gasteiger partial charge in [0.25, 0.3) is 0 Å². The van der Waals surface area contributed by atoms with Gasteiger partial charge in [-0.1, -0.05) is 0 Å². The van der Waals surface area contributed by atoms with Crippen molar-refractivity contribution in [2.75, 3.05) is 5.73 Å². The van der Waals surface area contributed by atoms with Crippen molar-refractivity contribution in [2.45, 2.75) is 12.6 Å². The average Bonchev–Trinajstić information content (AvgIpc) is 2.07. The molecule has 0 fully saturated rings. The number of nitrogens with zero attached hydrogens (tertiary/aromatic N) is 2. The lowest BCUT2D eigenvalue weighted by atomic mass is 10.2. The molecule has 74 valence electrons. The molecule has 1 aromatic heterocycles. The smallest absolute Gasteiger partial charge is 0.397 e. The van der Waals surface area contributed by atoms with Crippen molar-refractivity contribution in [1.82, 2.24) is 4.98 Å². The van der Waals surface area contributed by atoms with Gasteiger partial charge in [-0.3, -0.25) is 0 Å². The zero-order valence-corrected chi connectivity index (χ0v) is 6.97. The molecular formula is C8H6F3N3. The van der Waals surface area contributed by atoms with Crippen LogP contribution in [-0.4, -0.2) is 4.98 Å². The molecule has 2 N–H and O–H groups in total. The van der Waals surface area contributed by atoms with E-state index in [2.05, 4.69) is 4.98 Å². The summed E-state index contributed by atoms with van der Waals surface area (Å²) >= 11 is 0. The van der Waals surface area contributed by atoms with Crippen LogP contribution >= 0.6 is 0 Å². The Morgan fingerprint density at radius 2 is 2.07 bits per heavy atom. The van der Waals surface area contributed by atoms with Crippen molar-refractivity contribution in [3.05, 3.63) is 23.5 Å². The Kier molecular flexibility index (Phi) is 2.60. The second-order valence-corrected chi connectivity index (χ2v) is 2.57. The number of hydrogen-bond donors (Lipinski definition) is 1. The zero-order valence-electron chi connectivity index (χ0n) is 6.97. The lowest BCUT2D eigenvalue weighted by Crippen LogP contribution is -2.10. The van der Waals surface area contributed by atoms with Crippen LogP contribution in [0.4, 0.5) is 18.9 Å². The van der Waals surface area contributed by atoms with Gasteiger partial charge in [-0.2, -0.15) is 18.4 Å². The van der Waals surface area contributed by atoms with Crippen molar-refractivity contribution >= 4 is 5.69 Å². The first-order chi connectivity index (χ1) is 6.45. The van der Waals surface area contributed by atoms with E-state index in [4.69, 9.17) is 11.0 Å². The Balaban J connectivity index is 3.14. The molecule has 0 amide bonds. The maximum absolute atomic E-state index is 12.2. The lowest BCUT2D eigenvalue weighted by Gasteiger charge is -2.07. The number of aromatic nitrogens is 1. The number of nitriles is 1. The third kappa shape index (κ3) is 2.13. The van der Waals surface area contributed by atoms with Gasteiger partial charge in [0.15, 0.2) is 0 Å². The molecule has 1 rings (SSSR count). The van der Waals surface area contributed by atoms with Crippen LogP contribution in [-0.2, 0) is 12.6 Å². The highest BCUT2D eigenvalue weighted by molar-refractivity contribution is 5.44. The van der Waals surface area contributed by atoms with E-state index in [0.29, 0.717) is 0 Å². The van der Waals surface area contributed by atoms with Gasteiger partial charge in [-0.15, -0.1) is 0 Å². The molecule has 3 nitrogen and oxygen atoms in total. The fourth-order valence-corrected chi connectivity index (χ4v) is 0.886. The van der Waals surface area contributed by atoms with Crippen molar-refractivity contribution < 1.29 is 13.2 Å². The molecule has 0 bridgehead atoms. The van der Waals surface area contributed by atoms with Gasteiger partial charge < -0.3 is 5.73 Å². The Morgan fingerprint density at radius 1 is 1.43 bits per heavy atom. The Bertz CT molecular complexity index is 378. The second-order valence-electron chi connectivity index (χ2n) is 2.57. The minimum atomic E-state index is -4.50.